The summed E-state index contributed by atoms with van der Waals surface area (Å²) in [5.74, 6) is -0.0253. The second-order valence-corrected chi connectivity index (χ2v) is 13.4. The van der Waals surface area contributed by atoms with E-state index >= 15 is 0 Å². The van der Waals surface area contributed by atoms with Crippen LogP contribution in [0.3, 0.4) is 0 Å². The van der Waals surface area contributed by atoms with Crippen molar-refractivity contribution in [2.75, 3.05) is 13.1 Å². The summed E-state index contributed by atoms with van der Waals surface area (Å²) in [6, 6.07) is 0. The van der Waals surface area contributed by atoms with Gasteiger partial charge in [0, 0.05) is 34.5 Å². The minimum absolute atomic E-state index is 0.00102. The number of nitrogens with one attached hydrogen (secondary N) is 2. The molecule has 0 atom stereocenters. The lowest BCUT2D eigenvalue weighted by molar-refractivity contribution is -0.140. The fraction of sp³-hybridized carbons (Fsp3) is 0.812. The molecular weight excluding hydrogens is 516 g/mol. The highest BCUT2D eigenvalue weighted by Gasteiger charge is 2.34. The molecule has 1 heterocycles. The van der Waals surface area contributed by atoms with E-state index in [0.29, 0.717) is 6.54 Å². The predicted octanol–water partition coefficient (Wildman–Crippen LogP) is 5.28. The first-order valence-electron chi connectivity index (χ1n) is 15.6. The third-order valence-corrected chi connectivity index (χ3v) is 8.92. The van der Waals surface area contributed by atoms with Gasteiger partial charge in [0.25, 0.3) is 0 Å². The van der Waals surface area contributed by atoms with E-state index in [1.165, 1.54) is 4.90 Å². The molecule has 236 valence electrons. The highest BCUT2D eigenvalue weighted by atomic mass is 16.2. The van der Waals surface area contributed by atoms with Crippen molar-refractivity contribution >= 4 is 17.7 Å². The molecule has 0 saturated carbocycles. The van der Waals surface area contributed by atoms with Crippen LogP contribution in [0.4, 0.5) is 0 Å². The van der Waals surface area contributed by atoms with Crippen LogP contribution < -0.4 is 10.6 Å². The van der Waals surface area contributed by atoms with Gasteiger partial charge in [-0.2, -0.15) is 0 Å². The normalized spacial score (nSPS) is 12.9. The van der Waals surface area contributed by atoms with Crippen molar-refractivity contribution in [1.82, 2.24) is 30.0 Å². The summed E-state index contributed by atoms with van der Waals surface area (Å²) in [5, 5.41) is 6.32. The molecule has 41 heavy (non-hydrogen) atoms. The number of carbonyl (C=O) groups excluding carboxylic acids is 3. The fourth-order valence-electron chi connectivity index (χ4n) is 5.78. The average Bonchev–Trinajstić information content (AvgIpc) is 3.34. The lowest BCUT2D eigenvalue weighted by atomic mass is 9.89. The maximum Gasteiger partial charge on any atom is 0.243 e. The number of imidazole rings is 1. The van der Waals surface area contributed by atoms with Gasteiger partial charge < -0.3 is 20.1 Å². The zero-order valence-electron chi connectivity index (χ0n) is 28.2. The van der Waals surface area contributed by atoms with E-state index < -0.39 is 0 Å². The Hall–Kier alpha value is -2.42. The van der Waals surface area contributed by atoms with Crippen molar-refractivity contribution in [3.63, 3.8) is 0 Å². The second kappa shape index (κ2) is 15.2. The molecule has 0 bridgehead atoms. The molecule has 1 aromatic rings. The van der Waals surface area contributed by atoms with Gasteiger partial charge >= 0.3 is 0 Å². The molecule has 0 unspecified atom stereocenters. The van der Waals surface area contributed by atoms with E-state index in [0.717, 1.165) is 44.3 Å². The quantitative estimate of drug-likeness (QED) is 0.279. The Morgan fingerprint density at radius 3 is 1.46 bits per heavy atom. The van der Waals surface area contributed by atoms with Crippen molar-refractivity contribution in [3.05, 3.63) is 18.2 Å². The van der Waals surface area contributed by atoms with Crippen LogP contribution in [-0.4, -0.2) is 72.3 Å². The summed E-state index contributed by atoms with van der Waals surface area (Å²) >= 11 is 0. The summed E-state index contributed by atoms with van der Waals surface area (Å²) in [4.78, 5) is 48.6. The lowest BCUT2D eigenvalue weighted by Crippen LogP contribution is -2.55. The third kappa shape index (κ3) is 10.4. The number of aromatic nitrogens is 2. The Morgan fingerprint density at radius 1 is 0.732 bits per heavy atom. The molecule has 9 nitrogen and oxygen atoms in total. The van der Waals surface area contributed by atoms with Gasteiger partial charge in [0.05, 0.1) is 6.54 Å². The summed E-state index contributed by atoms with van der Waals surface area (Å²) in [6.45, 7) is 25.6. The second-order valence-electron chi connectivity index (χ2n) is 13.4. The van der Waals surface area contributed by atoms with Crippen molar-refractivity contribution in [2.24, 2.45) is 0 Å². The molecule has 0 aliphatic rings. The molecule has 0 aliphatic carbocycles. The van der Waals surface area contributed by atoms with E-state index in [1.807, 2.05) is 4.57 Å². The Bertz CT molecular complexity index is 914. The molecule has 0 radical (unpaired) electrons. The predicted molar refractivity (Wildman–Crippen MR) is 167 cm³/mol. The van der Waals surface area contributed by atoms with Gasteiger partial charge in [0.15, 0.2) is 0 Å². The first-order valence-corrected chi connectivity index (χ1v) is 15.6. The first-order chi connectivity index (χ1) is 18.9. The topological polar surface area (TPSA) is 99.6 Å². The maximum atomic E-state index is 13.8. The Kier molecular flexibility index (Phi) is 13.5. The zero-order valence-corrected chi connectivity index (χ0v) is 28.2. The number of hydrogen-bond acceptors (Lipinski definition) is 5. The molecule has 9 heteroatoms. The van der Waals surface area contributed by atoms with E-state index in [-0.39, 0.29) is 59.5 Å². The largest absolute Gasteiger partial charge is 0.349 e. The number of nitrogens with zero attached hydrogens (tertiary/aromatic N) is 4. The maximum absolute atomic E-state index is 13.8. The summed E-state index contributed by atoms with van der Waals surface area (Å²) in [5.41, 5.74) is -0.876. The van der Waals surface area contributed by atoms with Gasteiger partial charge in [-0.3, -0.25) is 19.3 Å². The number of hydrogen-bond donors (Lipinski definition) is 2. The molecule has 0 saturated heterocycles. The molecule has 1 rings (SSSR count). The molecule has 0 aliphatic heterocycles. The summed E-state index contributed by atoms with van der Waals surface area (Å²) < 4.78 is 1.83. The molecule has 1 aromatic heterocycles. The van der Waals surface area contributed by atoms with Gasteiger partial charge in [-0.1, -0.05) is 41.5 Å². The molecule has 2 N–H and O–H groups in total. The smallest absolute Gasteiger partial charge is 0.243 e. The van der Waals surface area contributed by atoms with Crippen molar-refractivity contribution in [2.45, 2.75) is 157 Å². The lowest BCUT2D eigenvalue weighted by Gasteiger charge is -2.45. The minimum Gasteiger partial charge on any atom is -0.349 e. The average molecular weight is 577 g/mol. The fourth-order valence-corrected chi connectivity index (χ4v) is 5.78. The van der Waals surface area contributed by atoms with Crippen molar-refractivity contribution in [1.29, 1.82) is 0 Å². The highest BCUT2D eigenvalue weighted by molar-refractivity contribution is 5.89. The van der Waals surface area contributed by atoms with Gasteiger partial charge in [0.1, 0.15) is 25.5 Å². The monoisotopic (exact) mass is 576 g/mol. The number of carbonyl (C=O) groups is 3. The Morgan fingerprint density at radius 2 is 1.12 bits per heavy atom. The molecule has 0 fully saturated rings. The van der Waals surface area contributed by atoms with E-state index in [4.69, 9.17) is 0 Å². The number of amides is 3. The SMILES string of the molecule is CCC(CC)(CC)NC(=O)CN(CC(=O)NC(CC)(CC)CC)C(=O)Cn1ccnc1CN(C(C)(C)C)C(C)(C)C. The van der Waals surface area contributed by atoms with Crippen molar-refractivity contribution in [3.8, 4) is 0 Å². The van der Waals surface area contributed by atoms with Crippen molar-refractivity contribution < 1.29 is 14.4 Å². The van der Waals surface area contributed by atoms with Crippen LogP contribution in [0.15, 0.2) is 12.4 Å². The van der Waals surface area contributed by atoms with E-state index in [1.54, 1.807) is 12.4 Å². The highest BCUT2D eigenvalue weighted by Crippen LogP contribution is 2.27. The van der Waals surface area contributed by atoms with E-state index in [9.17, 15) is 14.4 Å². The Labute approximate surface area is 250 Å². The van der Waals surface area contributed by atoms with Crippen LogP contribution >= 0.6 is 0 Å². The third-order valence-electron chi connectivity index (χ3n) is 8.92. The molecule has 3 amide bonds. The van der Waals surface area contributed by atoms with Crippen LogP contribution in [0, 0.1) is 0 Å². The van der Waals surface area contributed by atoms with Crippen LogP contribution in [-0.2, 0) is 27.5 Å². The van der Waals surface area contributed by atoms with Crippen LogP contribution in [0.5, 0.6) is 0 Å². The minimum atomic E-state index is -0.323. The van der Waals surface area contributed by atoms with Gasteiger partial charge in [-0.25, -0.2) is 4.98 Å². The number of rotatable bonds is 16. The van der Waals surface area contributed by atoms with Crippen LogP contribution in [0.2, 0.25) is 0 Å². The van der Waals surface area contributed by atoms with E-state index in [2.05, 4.69) is 104 Å². The van der Waals surface area contributed by atoms with Gasteiger partial charge in [-0.15, -0.1) is 0 Å². The van der Waals surface area contributed by atoms with Crippen LogP contribution in [0.25, 0.3) is 0 Å². The Balaban J connectivity index is 3.27. The van der Waals surface area contributed by atoms with Gasteiger partial charge in [-0.05, 0) is 80.1 Å². The zero-order chi connectivity index (χ0) is 31.6. The molecule has 0 spiro atoms. The molecule has 0 aromatic carbocycles. The van der Waals surface area contributed by atoms with Crippen LogP contribution in [0.1, 0.15) is 127 Å². The standard InChI is InChI=1S/C32H60N6O3/c1-13-31(14-2,15-3)34-26(39)22-37(23-27(40)35-32(16-4,17-5)18-6)28(41)24-36-20-19-33-25(36)21-38(29(7,8)9)30(10,11)12/h19-20H,13-18,21-24H2,1-12H3,(H,34,39)(H,35,40). The first kappa shape index (κ1) is 36.6. The molecular formula is C32H60N6O3. The van der Waals surface area contributed by atoms with Gasteiger partial charge in [0.2, 0.25) is 17.7 Å². The summed E-state index contributed by atoms with van der Waals surface area (Å²) in [6.07, 6.45) is 8.26. The summed E-state index contributed by atoms with van der Waals surface area (Å²) in [7, 11) is 0.